The highest BCUT2D eigenvalue weighted by atomic mass is 35.5. The van der Waals surface area contributed by atoms with Crippen molar-refractivity contribution in [2.45, 2.75) is 19.6 Å². The lowest BCUT2D eigenvalue weighted by Gasteiger charge is -2.16. The lowest BCUT2D eigenvalue weighted by Crippen LogP contribution is -2.27. The Morgan fingerprint density at radius 3 is 0.634 bits per heavy atom. The summed E-state index contributed by atoms with van der Waals surface area (Å²) in [6, 6.07) is 0. The molecule has 14 heteroatoms. The van der Waals surface area contributed by atoms with Gasteiger partial charge in [-0.3, -0.25) is 0 Å². The topological polar surface area (TPSA) is 111 Å². The van der Waals surface area contributed by atoms with Gasteiger partial charge in [-0.15, -0.1) is 11.6 Å². The predicted molar refractivity (Wildman–Crippen MR) is 159 cm³/mol. The van der Waals surface area contributed by atoms with E-state index in [1.54, 1.807) is 0 Å². The van der Waals surface area contributed by atoms with Gasteiger partial charge in [0.05, 0.1) is 152 Å². The van der Waals surface area contributed by atoms with Gasteiger partial charge in [0.2, 0.25) is 0 Å². The van der Waals surface area contributed by atoms with E-state index < -0.39 is 8.32 Å². The van der Waals surface area contributed by atoms with Crippen molar-refractivity contribution in [3.63, 3.8) is 0 Å². The quantitative estimate of drug-likeness (QED) is 0.0571. The molecule has 0 N–H and O–H groups in total. The summed E-state index contributed by atoms with van der Waals surface area (Å²) >= 11 is 5.51. The van der Waals surface area contributed by atoms with E-state index in [1.165, 1.54) is 0 Å². The molecule has 0 saturated carbocycles. The zero-order valence-corrected chi connectivity index (χ0v) is 27.5. The van der Waals surface area contributed by atoms with Crippen molar-refractivity contribution >= 4 is 19.9 Å². The summed E-state index contributed by atoms with van der Waals surface area (Å²) in [5.74, 6) is 0.499. The van der Waals surface area contributed by atoms with Gasteiger partial charge in [0.25, 0.3) is 0 Å². The van der Waals surface area contributed by atoms with Crippen LogP contribution in [-0.4, -0.2) is 166 Å². The van der Waals surface area contributed by atoms with Gasteiger partial charge < -0.3 is 56.5 Å². The molecule has 0 rings (SSSR count). The first kappa shape index (κ1) is 41.0. The molecule has 0 aromatic heterocycles. The Bertz CT molecular complexity index is 492. The second kappa shape index (κ2) is 34.5. The Morgan fingerprint density at radius 1 is 0.293 bits per heavy atom. The Morgan fingerprint density at radius 2 is 0.463 bits per heavy atom. The molecular formula is C27H57ClO12Si. The van der Waals surface area contributed by atoms with Gasteiger partial charge in [0, 0.05) is 5.88 Å². The van der Waals surface area contributed by atoms with Crippen LogP contribution in [0.25, 0.3) is 0 Å². The van der Waals surface area contributed by atoms with Gasteiger partial charge in [-0.25, -0.2) is 0 Å². The fourth-order valence-corrected chi connectivity index (χ4v) is 3.57. The van der Waals surface area contributed by atoms with E-state index in [9.17, 15) is 0 Å². The van der Waals surface area contributed by atoms with Crippen molar-refractivity contribution in [2.75, 3.05) is 158 Å². The third-order valence-electron chi connectivity index (χ3n) is 4.70. The Balaban J connectivity index is 3.04. The Hall–Kier alpha value is 0.0269. The molecule has 41 heavy (non-hydrogen) atoms. The van der Waals surface area contributed by atoms with Crippen LogP contribution in [-0.2, 0) is 56.5 Å². The molecule has 248 valence electrons. The fourth-order valence-electron chi connectivity index (χ4n) is 2.76. The van der Waals surface area contributed by atoms with Crippen LogP contribution >= 0.6 is 11.6 Å². The number of ether oxygens (including phenoxy) is 11. The highest BCUT2D eigenvalue weighted by Crippen LogP contribution is 2.01. The second-order valence-corrected chi connectivity index (χ2v) is 14.3. The number of hydrogen-bond donors (Lipinski definition) is 0. The number of alkyl halides is 1. The third-order valence-corrected chi connectivity index (χ3v) is 5.93. The van der Waals surface area contributed by atoms with Crippen LogP contribution in [0.1, 0.15) is 0 Å². The highest BCUT2D eigenvalue weighted by Gasteiger charge is 2.13. The summed E-state index contributed by atoms with van der Waals surface area (Å²) in [4.78, 5) is 0. The first-order valence-corrected chi connectivity index (χ1v) is 18.6. The smallest absolute Gasteiger partial charge is 0.183 e. The molecule has 0 aliphatic carbocycles. The van der Waals surface area contributed by atoms with Crippen molar-refractivity contribution in [1.29, 1.82) is 0 Å². The summed E-state index contributed by atoms with van der Waals surface area (Å²) in [7, 11) is -1.45. The van der Waals surface area contributed by atoms with Gasteiger partial charge in [0.1, 0.15) is 0 Å². The molecule has 0 aliphatic rings. The molecule has 0 spiro atoms. The Labute approximate surface area is 253 Å². The van der Waals surface area contributed by atoms with E-state index in [0.29, 0.717) is 158 Å². The van der Waals surface area contributed by atoms with Crippen molar-refractivity contribution in [1.82, 2.24) is 0 Å². The molecule has 0 aromatic rings. The van der Waals surface area contributed by atoms with E-state index in [1.807, 2.05) is 0 Å². The maximum atomic E-state index is 5.71. The molecule has 0 aliphatic heterocycles. The lowest BCUT2D eigenvalue weighted by atomic mass is 10.6. The normalized spacial score (nSPS) is 12.0. The molecule has 0 unspecified atom stereocenters. The fraction of sp³-hybridized carbons (Fsp3) is 1.00. The summed E-state index contributed by atoms with van der Waals surface area (Å²) in [5.41, 5.74) is 0. The number of halogens is 1. The number of hydrogen-bond acceptors (Lipinski definition) is 12. The molecule has 12 nitrogen and oxygen atoms in total. The van der Waals surface area contributed by atoms with Crippen molar-refractivity contribution < 1.29 is 56.5 Å². The molecule has 0 heterocycles. The zero-order chi connectivity index (χ0) is 30.0. The molecule has 0 amide bonds. The van der Waals surface area contributed by atoms with E-state index in [4.69, 9.17) is 68.1 Å². The van der Waals surface area contributed by atoms with Crippen LogP contribution in [0.5, 0.6) is 0 Å². The van der Waals surface area contributed by atoms with E-state index in [-0.39, 0.29) is 0 Å². The Kier molecular flexibility index (Phi) is 34.5. The summed E-state index contributed by atoms with van der Waals surface area (Å²) in [5, 5.41) is 0. The average Bonchev–Trinajstić information content (AvgIpc) is 2.94. The van der Waals surface area contributed by atoms with Crippen molar-refractivity contribution in [3.05, 3.63) is 0 Å². The van der Waals surface area contributed by atoms with Gasteiger partial charge in [-0.05, 0) is 19.6 Å². The van der Waals surface area contributed by atoms with Crippen LogP contribution in [0.4, 0.5) is 0 Å². The van der Waals surface area contributed by atoms with Crippen LogP contribution in [0.3, 0.4) is 0 Å². The molecule has 0 bridgehead atoms. The monoisotopic (exact) mass is 636 g/mol. The first-order chi connectivity index (χ1) is 20.1. The molecular weight excluding hydrogens is 580 g/mol. The van der Waals surface area contributed by atoms with Gasteiger partial charge in [-0.2, -0.15) is 0 Å². The van der Waals surface area contributed by atoms with E-state index in [0.717, 1.165) is 0 Å². The van der Waals surface area contributed by atoms with E-state index >= 15 is 0 Å². The van der Waals surface area contributed by atoms with Crippen LogP contribution < -0.4 is 0 Å². The zero-order valence-electron chi connectivity index (χ0n) is 25.7. The second-order valence-electron chi connectivity index (χ2n) is 9.39. The summed E-state index contributed by atoms with van der Waals surface area (Å²) in [6.07, 6.45) is 0. The van der Waals surface area contributed by atoms with Crippen LogP contribution in [0.15, 0.2) is 0 Å². The lowest BCUT2D eigenvalue weighted by molar-refractivity contribution is -0.0276. The largest absolute Gasteiger partial charge is 0.415 e. The van der Waals surface area contributed by atoms with Crippen molar-refractivity contribution in [3.8, 4) is 0 Å². The molecule has 0 aromatic carbocycles. The van der Waals surface area contributed by atoms with Crippen LogP contribution in [0.2, 0.25) is 19.6 Å². The summed E-state index contributed by atoms with van der Waals surface area (Å²) in [6.45, 7) is 18.9. The molecule has 0 atom stereocenters. The van der Waals surface area contributed by atoms with Gasteiger partial charge in [-0.1, -0.05) is 0 Å². The SMILES string of the molecule is C[Si](C)(C)OCCOCCOCCOCCOCCOCCOCCOCCOCCOCCOCCOCCCl. The van der Waals surface area contributed by atoms with Gasteiger partial charge >= 0.3 is 0 Å². The average molecular weight is 637 g/mol. The third kappa shape index (κ3) is 40.0. The van der Waals surface area contributed by atoms with Crippen LogP contribution in [0, 0.1) is 0 Å². The number of rotatable bonds is 36. The van der Waals surface area contributed by atoms with E-state index in [2.05, 4.69) is 19.6 Å². The molecule has 0 saturated heterocycles. The molecule has 0 fully saturated rings. The highest BCUT2D eigenvalue weighted by molar-refractivity contribution is 6.69. The summed E-state index contributed by atoms with van der Waals surface area (Å²) < 4.78 is 65.4. The minimum atomic E-state index is -1.45. The minimum Gasteiger partial charge on any atom is -0.415 e. The van der Waals surface area contributed by atoms with Gasteiger partial charge in [0.15, 0.2) is 8.32 Å². The standard InChI is InChI=1S/C27H57ClO12Si/c1-41(2,3)40-27-26-39-25-24-38-23-22-37-21-20-36-19-18-35-17-16-34-15-14-33-13-12-32-11-10-31-9-8-30-7-6-29-5-4-28/h4-27H2,1-3H3. The maximum Gasteiger partial charge on any atom is 0.183 e. The molecule has 0 radical (unpaired) electrons. The maximum absolute atomic E-state index is 5.71. The minimum absolute atomic E-state index is 0.499. The first-order valence-electron chi connectivity index (χ1n) is 14.6. The van der Waals surface area contributed by atoms with Crippen molar-refractivity contribution in [2.24, 2.45) is 0 Å². The predicted octanol–water partition coefficient (Wildman–Crippen LogP) is 2.26.